The number of carbonyl (C=O) groups is 1. The smallest absolute Gasteiger partial charge is 0.419 e. The molecule has 9 heteroatoms. The number of nitrogens with one attached hydrogen (secondary N) is 1. The number of phenols is 1. The highest BCUT2D eigenvalue weighted by molar-refractivity contribution is 6.38. The van der Waals surface area contributed by atoms with Crippen molar-refractivity contribution >= 4 is 34.8 Å². The molecule has 1 aromatic heterocycles. The summed E-state index contributed by atoms with van der Waals surface area (Å²) in [5.41, 5.74) is -1.50. The van der Waals surface area contributed by atoms with Gasteiger partial charge in [0.25, 0.3) is 5.91 Å². The van der Waals surface area contributed by atoms with E-state index in [1.807, 2.05) is 0 Å². The number of aromatic hydroxyl groups is 1. The minimum atomic E-state index is -4.83. The lowest BCUT2D eigenvalue weighted by Crippen LogP contribution is -2.13. The summed E-state index contributed by atoms with van der Waals surface area (Å²) in [4.78, 5) is 15.6. The van der Waals surface area contributed by atoms with Crippen molar-refractivity contribution in [1.82, 2.24) is 4.98 Å². The van der Waals surface area contributed by atoms with Gasteiger partial charge in [-0.3, -0.25) is 9.78 Å². The zero-order valence-electron chi connectivity index (χ0n) is 10.6. The SMILES string of the molecule is O=C(Nc1cc(Cl)c(C(F)(F)F)c(Cl)c1O)c1ccncc1. The Labute approximate surface area is 132 Å². The standard InChI is InChI=1S/C13H7Cl2F3N2O2/c14-7-5-8(11(21)10(15)9(7)13(16,17)18)20-12(22)6-1-3-19-4-2-6/h1-5,21H,(H,20,22). The van der Waals surface area contributed by atoms with E-state index in [0.717, 1.165) is 6.07 Å². The summed E-state index contributed by atoms with van der Waals surface area (Å²) in [6, 6.07) is 3.56. The fourth-order valence-corrected chi connectivity index (χ4v) is 2.33. The molecule has 0 aliphatic rings. The van der Waals surface area contributed by atoms with E-state index in [4.69, 9.17) is 23.2 Å². The number of rotatable bonds is 2. The van der Waals surface area contributed by atoms with Gasteiger partial charge < -0.3 is 10.4 Å². The second-order valence-corrected chi connectivity index (χ2v) is 4.92. The van der Waals surface area contributed by atoms with Crippen LogP contribution in [-0.2, 0) is 6.18 Å². The molecule has 1 amide bonds. The summed E-state index contributed by atoms with van der Waals surface area (Å²) in [7, 11) is 0. The molecule has 1 aromatic carbocycles. The highest BCUT2D eigenvalue weighted by Crippen LogP contribution is 2.46. The van der Waals surface area contributed by atoms with Crippen LogP contribution in [0.4, 0.5) is 18.9 Å². The number of aromatic nitrogens is 1. The molecule has 0 saturated carbocycles. The maximum atomic E-state index is 12.8. The Morgan fingerprint density at radius 2 is 1.82 bits per heavy atom. The fourth-order valence-electron chi connectivity index (χ4n) is 1.66. The van der Waals surface area contributed by atoms with Crippen molar-refractivity contribution in [2.24, 2.45) is 0 Å². The molecule has 0 unspecified atom stereocenters. The van der Waals surface area contributed by atoms with Gasteiger partial charge in [0, 0.05) is 18.0 Å². The molecular formula is C13H7Cl2F3N2O2. The van der Waals surface area contributed by atoms with Gasteiger partial charge in [0.15, 0.2) is 5.75 Å². The van der Waals surface area contributed by atoms with Gasteiger partial charge in [-0.15, -0.1) is 0 Å². The number of alkyl halides is 3. The van der Waals surface area contributed by atoms with Gasteiger partial charge in [-0.25, -0.2) is 0 Å². The molecule has 22 heavy (non-hydrogen) atoms. The number of pyridine rings is 1. The van der Waals surface area contributed by atoms with Crippen molar-refractivity contribution in [1.29, 1.82) is 0 Å². The normalized spacial score (nSPS) is 11.3. The highest BCUT2D eigenvalue weighted by atomic mass is 35.5. The number of nitrogens with zero attached hydrogens (tertiary/aromatic N) is 1. The van der Waals surface area contributed by atoms with E-state index in [-0.39, 0.29) is 11.3 Å². The summed E-state index contributed by atoms with van der Waals surface area (Å²) in [5.74, 6) is -1.58. The van der Waals surface area contributed by atoms with Crippen molar-refractivity contribution in [3.63, 3.8) is 0 Å². The summed E-state index contributed by atoms with van der Waals surface area (Å²) in [6.45, 7) is 0. The third kappa shape index (κ3) is 3.26. The Kier molecular flexibility index (Phi) is 4.48. The Morgan fingerprint density at radius 1 is 1.23 bits per heavy atom. The summed E-state index contributed by atoms with van der Waals surface area (Å²) < 4.78 is 38.3. The number of anilines is 1. The lowest BCUT2D eigenvalue weighted by atomic mass is 10.1. The third-order valence-electron chi connectivity index (χ3n) is 2.67. The minimum absolute atomic E-state index is 0.196. The van der Waals surface area contributed by atoms with Crippen LogP contribution in [0.2, 0.25) is 10.0 Å². The summed E-state index contributed by atoms with van der Waals surface area (Å²) in [5, 5.41) is 10.3. The molecule has 1 heterocycles. The highest BCUT2D eigenvalue weighted by Gasteiger charge is 2.38. The molecule has 2 N–H and O–H groups in total. The molecule has 4 nitrogen and oxygen atoms in total. The third-order valence-corrected chi connectivity index (χ3v) is 3.33. The largest absolute Gasteiger partial charge is 0.504 e. The molecule has 0 fully saturated rings. The van der Waals surface area contributed by atoms with Crippen molar-refractivity contribution < 1.29 is 23.1 Å². The lowest BCUT2D eigenvalue weighted by Gasteiger charge is -2.15. The second-order valence-electron chi connectivity index (χ2n) is 4.13. The number of amides is 1. The molecule has 0 aliphatic carbocycles. The summed E-state index contributed by atoms with van der Waals surface area (Å²) >= 11 is 11.0. The summed E-state index contributed by atoms with van der Waals surface area (Å²) in [6.07, 6.45) is -2.11. The van der Waals surface area contributed by atoms with Gasteiger partial charge in [0.2, 0.25) is 0 Å². The van der Waals surface area contributed by atoms with Crippen LogP contribution in [0.15, 0.2) is 30.6 Å². The first-order valence-corrected chi connectivity index (χ1v) is 6.47. The van der Waals surface area contributed by atoms with E-state index in [1.165, 1.54) is 24.5 Å². The number of benzene rings is 1. The lowest BCUT2D eigenvalue weighted by molar-refractivity contribution is -0.137. The van der Waals surface area contributed by atoms with E-state index < -0.39 is 33.4 Å². The van der Waals surface area contributed by atoms with Crippen LogP contribution in [0.3, 0.4) is 0 Å². The van der Waals surface area contributed by atoms with Gasteiger partial charge in [0.05, 0.1) is 21.3 Å². The average molecular weight is 351 g/mol. The molecule has 0 spiro atoms. The number of carbonyl (C=O) groups excluding carboxylic acids is 1. The molecule has 0 bridgehead atoms. The molecule has 0 aliphatic heterocycles. The van der Waals surface area contributed by atoms with E-state index in [9.17, 15) is 23.1 Å². The number of phenolic OH excluding ortho intramolecular Hbond substituents is 1. The first kappa shape index (κ1) is 16.4. The molecule has 0 atom stereocenters. The Balaban J connectivity index is 2.40. The van der Waals surface area contributed by atoms with Gasteiger partial charge >= 0.3 is 6.18 Å². The molecule has 116 valence electrons. The molecule has 2 rings (SSSR count). The second kappa shape index (κ2) is 6.02. The molecular weight excluding hydrogens is 344 g/mol. The quantitative estimate of drug-likeness (QED) is 0.790. The molecule has 2 aromatic rings. The van der Waals surface area contributed by atoms with Crippen LogP contribution in [0.5, 0.6) is 5.75 Å². The maximum absolute atomic E-state index is 12.8. The van der Waals surface area contributed by atoms with Crippen LogP contribution in [0.25, 0.3) is 0 Å². The van der Waals surface area contributed by atoms with Crippen molar-refractivity contribution in [2.75, 3.05) is 5.32 Å². The van der Waals surface area contributed by atoms with Crippen molar-refractivity contribution in [3.05, 3.63) is 51.8 Å². The topological polar surface area (TPSA) is 62.2 Å². The van der Waals surface area contributed by atoms with Crippen LogP contribution in [0.1, 0.15) is 15.9 Å². The molecule has 0 radical (unpaired) electrons. The Hall–Kier alpha value is -1.99. The average Bonchev–Trinajstić information content (AvgIpc) is 2.44. The van der Waals surface area contributed by atoms with Crippen LogP contribution < -0.4 is 5.32 Å². The van der Waals surface area contributed by atoms with Gasteiger partial charge in [0.1, 0.15) is 0 Å². The zero-order valence-corrected chi connectivity index (χ0v) is 12.1. The number of hydrogen-bond donors (Lipinski definition) is 2. The van der Waals surface area contributed by atoms with Crippen molar-refractivity contribution in [2.45, 2.75) is 6.18 Å². The van der Waals surface area contributed by atoms with E-state index in [0.29, 0.717) is 0 Å². The number of hydrogen-bond acceptors (Lipinski definition) is 3. The molecule has 0 saturated heterocycles. The van der Waals surface area contributed by atoms with Gasteiger partial charge in [-0.2, -0.15) is 13.2 Å². The van der Waals surface area contributed by atoms with Gasteiger partial charge in [-0.1, -0.05) is 23.2 Å². The van der Waals surface area contributed by atoms with Crippen LogP contribution >= 0.6 is 23.2 Å². The zero-order chi connectivity index (χ0) is 16.5. The van der Waals surface area contributed by atoms with E-state index in [1.54, 1.807) is 0 Å². The first-order chi connectivity index (χ1) is 10.2. The number of halogens is 5. The predicted molar refractivity (Wildman–Crippen MR) is 75.3 cm³/mol. The van der Waals surface area contributed by atoms with Gasteiger partial charge in [-0.05, 0) is 18.2 Å². The Morgan fingerprint density at radius 3 is 2.36 bits per heavy atom. The predicted octanol–water partition coefficient (Wildman–Crippen LogP) is 4.37. The fraction of sp³-hybridized carbons (Fsp3) is 0.0769. The minimum Gasteiger partial charge on any atom is -0.504 e. The Bertz CT molecular complexity index is 721. The monoisotopic (exact) mass is 350 g/mol. The first-order valence-electron chi connectivity index (χ1n) is 5.71. The van der Waals surface area contributed by atoms with Crippen molar-refractivity contribution in [3.8, 4) is 5.75 Å². The van der Waals surface area contributed by atoms with Crippen LogP contribution in [0, 0.1) is 0 Å². The van der Waals surface area contributed by atoms with E-state index in [2.05, 4.69) is 10.3 Å². The maximum Gasteiger partial charge on any atom is 0.419 e. The van der Waals surface area contributed by atoms with E-state index >= 15 is 0 Å². The van der Waals surface area contributed by atoms with Crippen LogP contribution in [-0.4, -0.2) is 16.0 Å².